The minimum atomic E-state index is -5.77. The van der Waals surface area contributed by atoms with Crippen LogP contribution < -0.4 is 8.92 Å². The summed E-state index contributed by atoms with van der Waals surface area (Å²) in [5.74, 6) is -0.405. The van der Waals surface area contributed by atoms with Gasteiger partial charge in [0.15, 0.2) is 0 Å². The van der Waals surface area contributed by atoms with Crippen molar-refractivity contribution in [2.75, 3.05) is 13.2 Å². The van der Waals surface area contributed by atoms with Gasteiger partial charge in [-0.3, -0.25) is 0 Å². The minimum Gasteiger partial charge on any atom is -0.491 e. The van der Waals surface area contributed by atoms with Crippen LogP contribution >= 0.6 is 0 Å². The molecule has 7 nitrogen and oxygen atoms in total. The predicted octanol–water partition coefficient (Wildman–Crippen LogP) is 3.04. The Balaban J connectivity index is 2.19. The van der Waals surface area contributed by atoms with E-state index in [0.29, 0.717) is 5.56 Å². The molecule has 1 aliphatic rings. The lowest BCUT2D eigenvalue weighted by Crippen LogP contribution is -2.37. The molecule has 1 aromatic carbocycles. The lowest BCUT2D eigenvalue weighted by atomic mass is 10.2. The van der Waals surface area contributed by atoms with Crippen molar-refractivity contribution in [1.29, 1.82) is 0 Å². The van der Waals surface area contributed by atoms with Gasteiger partial charge in [-0.15, -0.1) is 0 Å². The highest BCUT2D eigenvalue weighted by atomic mass is 32.2. The molecule has 2 rings (SSSR count). The fraction of sp³-hybridized carbons (Fsp3) is 0.533. The Bertz CT molecular complexity index is 786. The van der Waals surface area contributed by atoms with E-state index in [-0.39, 0.29) is 25.4 Å². The summed E-state index contributed by atoms with van der Waals surface area (Å²) >= 11 is 0. The lowest BCUT2D eigenvalue weighted by molar-refractivity contribution is -0.0500. The number of halogens is 3. The second kappa shape index (κ2) is 6.86. The number of rotatable bonds is 2. The molecule has 0 fully saturated rings. The normalized spacial score (nSPS) is 15.5. The smallest absolute Gasteiger partial charge is 0.491 e. The number of carbonyl (C=O) groups excluding carboxylic acids is 1. The van der Waals surface area contributed by atoms with Crippen LogP contribution in [0, 0.1) is 0 Å². The highest BCUT2D eigenvalue weighted by Gasteiger charge is 2.48. The molecule has 146 valence electrons. The molecule has 1 aliphatic heterocycles. The van der Waals surface area contributed by atoms with E-state index < -0.39 is 33.1 Å². The number of nitrogens with zero attached hydrogens (tertiary/aromatic N) is 1. The highest BCUT2D eigenvalue weighted by Crippen LogP contribution is 2.32. The number of fused-ring (bicyclic) bond motifs is 1. The van der Waals surface area contributed by atoms with E-state index in [1.807, 2.05) is 0 Å². The Kier molecular flexibility index (Phi) is 5.31. The van der Waals surface area contributed by atoms with Gasteiger partial charge in [-0.25, -0.2) is 4.79 Å². The average Bonchev–Trinajstić information content (AvgIpc) is 2.65. The lowest BCUT2D eigenvalue weighted by Gasteiger charge is -2.26. The van der Waals surface area contributed by atoms with Crippen molar-refractivity contribution in [3.63, 3.8) is 0 Å². The van der Waals surface area contributed by atoms with Crippen molar-refractivity contribution < 1.29 is 40.0 Å². The number of benzene rings is 1. The van der Waals surface area contributed by atoms with Gasteiger partial charge >= 0.3 is 21.7 Å². The maximum Gasteiger partial charge on any atom is 0.534 e. The molecule has 1 amide bonds. The Hall–Kier alpha value is -2.17. The molecule has 11 heteroatoms. The summed E-state index contributed by atoms with van der Waals surface area (Å²) < 4.78 is 74.1. The summed E-state index contributed by atoms with van der Waals surface area (Å²) in [6.45, 7) is 5.51. The summed E-state index contributed by atoms with van der Waals surface area (Å²) in [6.07, 6.45) is -0.561. The zero-order valence-corrected chi connectivity index (χ0v) is 15.1. The molecule has 0 N–H and O–H groups in total. The van der Waals surface area contributed by atoms with Gasteiger partial charge in [0.05, 0.1) is 13.1 Å². The van der Waals surface area contributed by atoms with Gasteiger partial charge in [-0.05, 0) is 32.9 Å². The molecule has 0 saturated heterocycles. The molecule has 0 bridgehead atoms. The van der Waals surface area contributed by atoms with E-state index in [9.17, 15) is 26.4 Å². The summed E-state index contributed by atoms with van der Waals surface area (Å²) in [4.78, 5) is 13.5. The van der Waals surface area contributed by atoms with Crippen LogP contribution in [-0.4, -0.2) is 43.7 Å². The van der Waals surface area contributed by atoms with Gasteiger partial charge in [0, 0.05) is 11.6 Å². The fourth-order valence-electron chi connectivity index (χ4n) is 2.06. The highest BCUT2D eigenvalue weighted by molar-refractivity contribution is 7.88. The van der Waals surface area contributed by atoms with Crippen LogP contribution in [0.5, 0.6) is 11.5 Å². The first-order chi connectivity index (χ1) is 11.8. The molecular weight excluding hydrogens is 379 g/mol. The molecule has 0 saturated carbocycles. The topological polar surface area (TPSA) is 82.1 Å². The molecule has 26 heavy (non-hydrogen) atoms. The van der Waals surface area contributed by atoms with Crippen LogP contribution in [0.1, 0.15) is 26.3 Å². The van der Waals surface area contributed by atoms with Crippen molar-refractivity contribution in [2.45, 2.75) is 38.4 Å². The first kappa shape index (κ1) is 20.1. The SMILES string of the molecule is CC(C)(C)OC(=O)N1CCOc2cc(OS(=O)(=O)C(F)(F)F)ccc2C1. The molecular formula is C15H18F3NO6S. The Morgan fingerprint density at radius 2 is 1.88 bits per heavy atom. The second-order valence-electron chi connectivity index (χ2n) is 6.50. The molecule has 0 aliphatic carbocycles. The molecule has 0 radical (unpaired) electrons. The average molecular weight is 397 g/mol. The van der Waals surface area contributed by atoms with Crippen LogP contribution in [-0.2, 0) is 21.4 Å². The second-order valence-corrected chi connectivity index (χ2v) is 8.04. The van der Waals surface area contributed by atoms with Crippen molar-refractivity contribution >= 4 is 16.2 Å². The molecule has 1 aromatic rings. The van der Waals surface area contributed by atoms with Gasteiger partial charge in [0.25, 0.3) is 0 Å². The van der Waals surface area contributed by atoms with Gasteiger partial charge in [-0.1, -0.05) is 0 Å². The number of carbonyl (C=O) groups is 1. The van der Waals surface area contributed by atoms with Gasteiger partial charge in [0.2, 0.25) is 0 Å². The monoisotopic (exact) mass is 397 g/mol. The first-order valence-corrected chi connectivity index (χ1v) is 8.94. The van der Waals surface area contributed by atoms with E-state index in [0.717, 1.165) is 12.1 Å². The quantitative estimate of drug-likeness (QED) is 0.564. The summed E-state index contributed by atoms with van der Waals surface area (Å²) in [5, 5.41) is 0. The third-order valence-corrected chi connectivity index (χ3v) is 4.14. The van der Waals surface area contributed by atoms with Crippen LogP contribution in [0.4, 0.5) is 18.0 Å². The van der Waals surface area contributed by atoms with E-state index in [1.165, 1.54) is 11.0 Å². The van der Waals surface area contributed by atoms with Crippen molar-refractivity contribution in [1.82, 2.24) is 4.90 Å². The Morgan fingerprint density at radius 1 is 1.23 bits per heavy atom. The van der Waals surface area contributed by atoms with Crippen LogP contribution in [0.25, 0.3) is 0 Å². The number of hydrogen-bond donors (Lipinski definition) is 0. The minimum absolute atomic E-state index is 0.0573. The third-order valence-electron chi connectivity index (χ3n) is 3.16. The molecule has 0 spiro atoms. The first-order valence-electron chi connectivity index (χ1n) is 7.53. The number of alkyl halides is 3. The zero-order chi connectivity index (χ0) is 19.8. The largest absolute Gasteiger partial charge is 0.534 e. The van der Waals surface area contributed by atoms with E-state index in [4.69, 9.17) is 9.47 Å². The summed E-state index contributed by atoms with van der Waals surface area (Å²) in [5.41, 5.74) is -5.74. The number of hydrogen-bond acceptors (Lipinski definition) is 6. The predicted molar refractivity (Wildman–Crippen MR) is 84.2 cm³/mol. The van der Waals surface area contributed by atoms with Gasteiger partial charge < -0.3 is 18.6 Å². The van der Waals surface area contributed by atoms with Crippen molar-refractivity contribution in [3.8, 4) is 11.5 Å². The summed E-state index contributed by atoms with van der Waals surface area (Å²) in [7, 11) is -5.77. The number of amides is 1. The molecule has 1 heterocycles. The molecule has 0 unspecified atom stereocenters. The Morgan fingerprint density at radius 3 is 2.46 bits per heavy atom. The maximum atomic E-state index is 12.4. The fourth-order valence-corrected chi connectivity index (χ4v) is 2.51. The van der Waals surface area contributed by atoms with Crippen LogP contribution in [0.2, 0.25) is 0 Å². The van der Waals surface area contributed by atoms with Crippen LogP contribution in [0.15, 0.2) is 18.2 Å². The Labute approximate surface area is 148 Å². The van der Waals surface area contributed by atoms with E-state index in [1.54, 1.807) is 20.8 Å². The van der Waals surface area contributed by atoms with Gasteiger partial charge in [0.1, 0.15) is 23.7 Å². The third kappa shape index (κ3) is 4.93. The van der Waals surface area contributed by atoms with Crippen molar-refractivity contribution in [2.24, 2.45) is 0 Å². The standard InChI is InChI=1S/C15H18F3NO6S/c1-14(2,3)24-13(20)19-6-7-23-12-8-11(5-4-10(12)9-19)25-26(21,22)15(16,17)18/h4-5,8H,6-7,9H2,1-3H3. The molecule has 0 atom stereocenters. The van der Waals surface area contributed by atoms with Gasteiger partial charge in [-0.2, -0.15) is 21.6 Å². The van der Waals surface area contributed by atoms with E-state index >= 15 is 0 Å². The van der Waals surface area contributed by atoms with E-state index in [2.05, 4.69) is 4.18 Å². The summed E-state index contributed by atoms with van der Waals surface area (Å²) in [6, 6.07) is 3.43. The molecule has 0 aromatic heterocycles. The number of ether oxygens (including phenoxy) is 2. The van der Waals surface area contributed by atoms with Crippen molar-refractivity contribution in [3.05, 3.63) is 23.8 Å². The zero-order valence-electron chi connectivity index (χ0n) is 14.3. The maximum absolute atomic E-state index is 12.4. The van der Waals surface area contributed by atoms with Crippen LogP contribution in [0.3, 0.4) is 0 Å².